The number of halogens is 1. The Hall–Kier alpha value is -1.69. The van der Waals surface area contributed by atoms with Crippen molar-refractivity contribution < 1.29 is 36.1 Å². The summed E-state index contributed by atoms with van der Waals surface area (Å²) < 4.78 is 11.0. The van der Waals surface area contributed by atoms with Gasteiger partial charge in [0.2, 0.25) is 0 Å². The fourth-order valence-electron chi connectivity index (χ4n) is 3.04. The monoisotopic (exact) mass is 405 g/mol. The predicted molar refractivity (Wildman–Crippen MR) is 92.1 cm³/mol. The van der Waals surface area contributed by atoms with Crippen LogP contribution in [0.5, 0.6) is 0 Å². The molecule has 0 saturated carbocycles. The molecule has 3 rings (SSSR count). The van der Waals surface area contributed by atoms with Crippen LogP contribution in [0.15, 0.2) is 60.7 Å². The van der Waals surface area contributed by atoms with Crippen molar-refractivity contribution >= 4 is 5.97 Å². The number of morpholine rings is 1. The van der Waals surface area contributed by atoms with Crippen molar-refractivity contribution in [2.45, 2.75) is 5.92 Å². The summed E-state index contributed by atoms with van der Waals surface area (Å²) in [6, 6.07) is 19.6. The van der Waals surface area contributed by atoms with E-state index in [0.717, 1.165) is 44.0 Å². The Morgan fingerprint density at radius 1 is 0.960 bits per heavy atom. The van der Waals surface area contributed by atoms with E-state index in [1.165, 1.54) is 4.90 Å². The van der Waals surface area contributed by atoms with Crippen LogP contribution < -0.4 is 21.9 Å². The molecule has 0 amide bonds. The number of hydrogen-bond donors (Lipinski definition) is 1. The van der Waals surface area contributed by atoms with Gasteiger partial charge in [0.15, 0.2) is 0 Å². The third-order valence-corrected chi connectivity index (χ3v) is 4.40. The van der Waals surface area contributed by atoms with Crippen molar-refractivity contribution in [2.75, 3.05) is 39.5 Å². The van der Waals surface area contributed by atoms with Crippen molar-refractivity contribution in [2.24, 2.45) is 0 Å². The summed E-state index contributed by atoms with van der Waals surface area (Å²) in [5, 5.41) is 0. The van der Waals surface area contributed by atoms with Crippen molar-refractivity contribution in [1.82, 2.24) is 0 Å². The molecule has 0 bridgehead atoms. The molecule has 2 aromatic carbocycles. The highest BCUT2D eigenvalue weighted by atomic mass is 79.9. The van der Waals surface area contributed by atoms with Crippen LogP contribution in [-0.4, -0.2) is 45.4 Å². The number of rotatable bonds is 6. The van der Waals surface area contributed by atoms with Gasteiger partial charge in [0.1, 0.15) is 32.2 Å². The molecular formula is C20H24BrNO3. The van der Waals surface area contributed by atoms with Crippen LogP contribution in [0.2, 0.25) is 0 Å². The molecule has 0 aromatic heterocycles. The van der Waals surface area contributed by atoms with Gasteiger partial charge in [-0.1, -0.05) is 60.7 Å². The second-order valence-electron chi connectivity index (χ2n) is 6.03. The zero-order valence-electron chi connectivity index (χ0n) is 14.2. The number of carbonyl (C=O) groups is 1. The second-order valence-corrected chi connectivity index (χ2v) is 6.03. The lowest BCUT2D eigenvalue weighted by atomic mass is 9.91. The number of carbonyl (C=O) groups excluding carboxylic acids is 1. The first-order chi connectivity index (χ1) is 11.8. The van der Waals surface area contributed by atoms with Gasteiger partial charge >= 0.3 is 5.97 Å². The smallest absolute Gasteiger partial charge is 0.318 e. The van der Waals surface area contributed by atoms with Crippen molar-refractivity contribution in [3.63, 3.8) is 0 Å². The molecule has 0 unspecified atom stereocenters. The summed E-state index contributed by atoms with van der Waals surface area (Å²) in [5.74, 6) is -0.549. The van der Waals surface area contributed by atoms with Crippen LogP contribution in [0.3, 0.4) is 0 Å². The fraction of sp³-hybridized carbons (Fsp3) is 0.350. The van der Waals surface area contributed by atoms with E-state index in [4.69, 9.17) is 9.47 Å². The largest absolute Gasteiger partial charge is 1.00 e. The molecule has 25 heavy (non-hydrogen) atoms. The van der Waals surface area contributed by atoms with Crippen LogP contribution >= 0.6 is 0 Å². The highest BCUT2D eigenvalue weighted by molar-refractivity contribution is 5.82. The van der Waals surface area contributed by atoms with E-state index in [9.17, 15) is 4.79 Å². The summed E-state index contributed by atoms with van der Waals surface area (Å²) in [6.07, 6.45) is 0. The molecule has 1 fully saturated rings. The third kappa shape index (κ3) is 5.66. The van der Waals surface area contributed by atoms with Crippen molar-refractivity contribution in [3.05, 3.63) is 71.8 Å². The molecule has 1 saturated heterocycles. The Kier molecular flexibility index (Phi) is 8.12. The average Bonchev–Trinajstić information content (AvgIpc) is 2.65. The lowest BCUT2D eigenvalue weighted by Gasteiger charge is -2.24. The van der Waals surface area contributed by atoms with Crippen LogP contribution in [0.4, 0.5) is 0 Å². The number of ether oxygens (including phenoxy) is 2. The SMILES string of the molecule is O=C(OCC[NH+]1CCOCC1)C(c1ccccc1)c1ccccc1.[Br-]. The Morgan fingerprint density at radius 3 is 2.00 bits per heavy atom. The van der Waals surface area contributed by atoms with Crippen LogP contribution in [0.25, 0.3) is 0 Å². The predicted octanol–water partition coefficient (Wildman–Crippen LogP) is -1.72. The van der Waals surface area contributed by atoms with E-state index in [0.29, 0.717) is 6.61 Å². The summed E-state index contributed by atoms with van der Waals surface area (Å²) in [7, 11) is 0. The molecule has 0 atom stereocenters. The lowest BCUT2D eigenvalue weighted by molar-refractivity contribution is -0.908. The zero-order valence-corrected chi connectivity index (χ0v) is 15.8. The first-order valence-corrected chi connectivity index (χ1v) is 8.52. The van der Waals surface area contributed by atoms with E-state index < -0.39 is 0 Å². The minimum atomic E-state index is -0.368. The molecule has 1 aliphatic rings. The van der Waals surface area contributed by atoms with Gasteiger partial charge in [-0.3, -0.25) is 4.79 Å². The maximum Gasteiger partial charge on any atom is 0.318 e. The maximum atomic E-state index is 12.7. The van der Waals surface area contributed by atoms with E-state index in [-0.39, 0.29) is 28.9 Å². The summed E-state index contributed by atoms with van der Waals surface area (Å²) in [5.41, 5.74) is 1.93. The Bertz CT molecular complexity index is 590. The number of quaternary nitrogens is 1. The minimum Gasteiger partial charge on any atom is -1.00 e. The Morgan fingerprint density at radius 2 is 1.48 bits per heavy atom. The first kappa shape index (κ1) is 19.6. The standard InChI is InChI=1S/C20H23NO3.BrH/c22-20(24-16-13-21-11-14-23-15-12-21)19(17-7-3-1-4-8-17)18-9-5-2-6-10-18;/h1-10,19H,11-16H2;1H. The normalized spacial score (nSPS) is 14.8. The molecule has 1 aliphatic heterocycles. The molecule has 0 aliphatic carbocycles. The summed E-state index contributed by atoms with van der Waals surface area (Å²) in [4.78, 5) is 14.2. The van der Waals surface area contributed by atoms with E-state index >= 15 is 0 Å². The molecule has 0 spiro atoms. The topological polar surface area (TPSA) is 40.0 Å². The van der Waals surface area contributed by atoms with Crippen LogP contribution in [0, 0.1) is 0 Å². The van der Waals surface area contributed by atoms with E-state index in [1.54, 1.807) is 0 Å². The van der Waals surface area contributed by atoms with Gasteiger partial charge in [0.05, 0.1) is 13.2 Å². The number of nitrogens with one attached hydrogen (secondary N) is 1. The van der Waals surface area contributed by atoms with Gasteiger partial charge in [0, 0.05) is 0 Å². The molecule has 2 aromatic rings. The average molecular weight is 406 g/mol. The molecule has 4 nitrogen and oxygen atoms in total. The van der Waals surface area contributed by atoms with Crippen molar-refractivity contribution in [1.29, 1.82) is 0 Å². The highest BCUT2D eigenvalue weighted by Gasteiger charge is 2.24. The number of esters is 1. The third-order valence-electron chi connectivity index (χ3n) is 4.40. The molecule has 134 valence electrons. The van der Waals surface area contributed by atoms with E-state index in [2.05, 4.69) is 0 Å². The van der Waals surface area contributed by atoms with E-state index in [1.807, 2.05) is 60.7 Å². The molecule has 1 heterocycles. The quantitative estimate of drug-likeness (QED) is 0.581. The lowest BCUT2D eigenvalue weighted by Crippen LogP contribution is -3.14. The van der Waals surface area contributed by atoms with Gasteiger partial charge in [-0.15, -0.1) is 0 Å². The number of hydrogen-bond acceptors (Lipinski definition) is 3. The van der Waals surface area contributed by atoms with Gasteiger partial charge in [-0.2, -0.15) is 0 Å². The molecular weight excluding hydrogens is 382 g/mol. The fourth-order valence-corrected chi connectivity index (χ4v) is 3.04. The summed E-state index contributed by atoms with van der Waals surface area (Å²) >= 11 is 0. The minimum absolute atomic E-state index is 0. The maximum absolute atomic E-state index is 12.7. The summed E-state index contributed by atoms with van der Waals surface area (Å²) in [6.45, 7) is 4.84. The van der Waals surface area contributed by atoms with Gasteiger partial charge in [-0.05, 0) is 11.1 Å². The van der Waals surface area contributed by atoms with Crippen LogP contribution in [0.1, 0.15) is 17.0 Å². The Balaban J connectivity index is 0.00000225. The molecule has 5 heteroatoms. The molecule has 0 radical (unpaired) electrons. The number of benzene rings is 2. The molecule has 1 N–H and O–H groups in total. The first-order valence-electron chi connectivity index (χ1n) is 8.52. The Labute approximate surface area is 159 Å². The van der Waals surface area contributed by atoms with Gasteiger partial charge in [-0.25, -0.2) is 0 Å². The van der Waals surface area contributed by atoms with Crippen LogP contribution in [-0.2, 0) is 14.3 Å². The van der Waals surface area contributed by atoms with Gasteiger partial charge < -0.3 is 31.4 Å². The highest BCUT2D eigenvalue weighted by Crippen LogP contribution is 2.25. The second kappa shape index (κ2) is 10.3. The van der Waals surface area contributed by atoms with Crippen molar-refractivity contribution in [3.8, 4) is 0 Å². The van der Waals surface area contributed by atoms with Gasteiger partial charge in [0.25, 0.3) is 0 Å². The zero-order chi connectivity index (χ0) is 16.6.